The minimum absolute atomic E-state index is 0.745. The molecular weight excluding hydrogens is 220 g/mol. The molecule has 1 spiro atoms. The van der Waals surface area contributed by atoms with Crippen molar-refractivity contribution in [2.24, 2.45) is 11.3 Å². The molecule has 3 rings (SSSR count). The summed E-state index contributed by atoms with van der Waals surface area (Å²) in [7, 11) is 2.40. The summed E-state index contributed by atoms with van der Waals surface area (Å²) >= 11 is 0. The third kappa shape index (κ3) is 2.46. The second-order valence-electron chi connectivity index (χ2n) is 7.13. The van der Waals surface area contributed by atoms with Gasteiger partial charge in [-0.05, 0) is 70.0 Å². The van der Waals surface area contributed by atoms with Crippen molar-refractivity contribution >= 4 is 0 Å². The summed E-state index contributed by atoms with van der Waals surface area (Å²) < 4.78 is 0. The molecule has 2 aliphatic carbocycles. The van der Waals surface area contributed by atoms with Crippen molar-refractivity contribution < 1.29 is 0 Å². The summed E-state index contributed by atoms with van der Waals surface area (Å²) in [6, 6.07) is 0.916. The minimum Gasteiger partial charge on any atom is -0.316 e. The highest BCUT2D eigenvalue weighted by atomic mass is 15.2. The van der Waals surface area contributed by atoms with Crippen LogP contribution in [0.4, 0.5) is 0 Å². The van der Waals surface area contributed by atoms with Crippen molar-refractivity contribution in [1.82, 2.24) is 10.2 Å². The highest BCUT2D eigenvalue weighted by molar-refractivity contribution is 5.02. The normalized spacial score (nSPS) is 35.7. The number of piperidine rings is 1. The van der Waals surface area contributed by atoms with Crippen LogP contribution in [0, 0.1) is 11.3 Å². The predicted molar refractivity (Wildman–Crippen MR) is 76.8 cm³/mol. The molecule has 2 saturated carbocycles. The van der Waals surface area contributed by atoms with E-state index in [0.717, 1.165) is 17.4 Å². The average Bonchev–Trinajstić information content (AvgIpc) is 2.39. The van der Waals surface area contributed by atoms with Crippen LogP contribution in [0.2, 0.25) is 0 Å². The molecular formula is C16H30N2. The lowest BCUT2D eigenvalue weighted by molar-refractivity contribution is -0.0477. The van der Waals surface area contributed by atoms with Gasteiger partial charge < -0.3 is 10.2 Å². The molecule has 0 aromatic rings. The predicted octanol–water partition coefficient (Wildman–Crippen LogP) is 3.03. The van der Waals surface area contributed by atoms with Gasteiger partial charge in [-0.2, -0.15) is 0 Å². The van der Waals surface area contributed by atoms with E-state index in [1.165, 1.54) is 77.4 Å². The monoisotopic (exact) mass is 250 g/mol. The van der Waals surface area contributed by atoms with Gasteiger partial charge in [0.25, 0.3) is 0 Å². The summed E-state index contributed by atoms with van der Waals surface area (Å²) in [5, 5.41) is 3.56. The van der Waals surface area contributed by atoms with Crippen molar-refractivity contribution in [3.8, 4) is 0 Å². The van der Waals surface area contributed by atoms with Gasteiger partial charge in [0.15, 0.2) is 0 Å². The zero-order chi connectivity index (χ0) is 12.4. The van der Waals surface area contributed by atoms with Gasteiger partial charge in [0.2, 0.25) is 0 Å². The van der Waals surface area contributed by atoms with Gasteiger partial charge in [-0.1, -0.05) is 19.3 Å². The number of nitrogens with one attached hydrogen (secondary N) is 1. The summed E-state index contributed by atoms with van der Waals surface area (Å²) in [5.41, 5.74) is 0.745. The maximum absolute atomic E-state index is 3.56. The Morgan fingerprint density at radius 2 is 1.89 bits per heavy atom. The molecule has 0 aromatic heterocycles. The number of hydrogen-bond acceptors (Lipinski definition) is 2. The second kappa shape index (κ2) is 5.50. The lowest BCUT2D eigenvalue weighted by atomic mass is 9.57. The summed E-state index contributed by atoms with van der Waals surface area (Å²) in [6.07, 6.45) is 13.3. The fourth-order valence-corrected chi connectivity index (χ4v) is 4.82. The van der Waals surface area contributed by atoms with Gasteiger partial charge >= 0.3 is 0 Å². The van der Waals surface area contributed by atoms with Crippen molar-refractivity contribution in [2.75, 3.05) is 26.7 Å². The Hall–Kier alpha value is -0.0800. The van der Waals surface area contributed by atoms with E-state index in [1.807, 2.05) is 0 Å². The van der Waals surface area contributed by atoms with Gasteiger partial charge in [0.05, 0.1) is 0 Å². The zero-order valence-corrected chi connectivity index (χ0v) is 12.1. The molecule has 2 nitrogen and oxygen atoms in total. The zero-order valence-electron chi connectivity index (χ0n) is 12.1. The molecule has 0 amide bonds. The number of rotatable bonds is 3. The summed E-state index contributed by atoms with van der Waals surface area (Å²) in [6.45, 7) is 3.83. The third-order valence-corrected chi connectivity index (χ3v) is 5.95. The maximum atomic E-state index is 3.56. The molecule has 1 aliphatic heterocycles. The standard InChI is InChI=1S/C16H30N2/c1-18(13-14-6-5-11-17-12-14)15-7-10-16(15)8-3-2-4-9-16/h14-15,17H,2-13H2,1H3. The first-order chi connectivity index (χ1) is 8.80. The van der Waals surface area contributed by atoms with E-state index >= 15 is 0 Å². The van der Waals surface area contributed by atoms with E-state index in [4.69, 9.17) is 0 Å². The Balaban J connectivity index is 1.53. The molecule has 2 atom stereocenters. The molecule has 0 bridgehead atoms. The Morgan fingerprint density at radius 1 is 1.06 bits per heavy atom. The molecule has 2 heteroatoms. The van der Waals surface area contributed by atoms with Crippen molar-refractivity contribution in [3.05, 3.63) is 0 Å². The lowest BCUT2D eigenvalue weighted by Gasteiger charge is -2.56. The first-order valence-corrected chi connectivity index (χ1v) is 8.21. The summed E-state index contributed by atoms with van der Waals surface area (Å²) in [4.78, 5) is 2.73. The van der Waals surface area contributed by atoms with E-state index in [-0.39, 0.29) is 0 Å². The Kier molecular flexibility index (Phi) is 3.95. The van der Waals surface area contributed by atoms with Crippen LogP contribution < -0.4 is 5.32 Å². The molecule has 1 saturated heterocycles. The van der Waals surface area contributed by atoms with Gasteiger partial charge in [0.1, 0.15) is 0 Å². The topological polar surface area (TPSA) is 15.3 Å². The number of hydrogen-bond donors (Lipinski definition) is 1. The van der Waals surface area contributed by atoms with Crippen LogP contribution in [-0.4, -0.2) is 37.6 Å². The van der Waals surface area contributed by atoms with Crippen LogP contribution in [0.1, 0.15) is 57.8 Å². The maximum Gasteiger partial charge on any atom is 0.0149 e. The van der Waals surface area contributed by atoms with Crippen molar-refractivity contribution in [3.63, 3.8) is 0 Å². The van der Waals surface area contributed by atoms with E-state index < -0.39 is 0 Å². The van der Waals surface area contributed by atoms with Crippen LogP contribution in [0.15, 0.2) is 0 Å². The van der Waals surface area contributed by atoms with E-state index in [1.54, 1.807) is 0 Å². The molecule has 2 unspecified atom stereocenters. The Morgan fingerprint density at radius 3 is 2.50 bits per heavy atom. The van der Waals surface area contributed by atoms with Crippen LogP contribution in [0.25, 0.3) is 0 Å². The molecule has 0 radical (unpaired) electrons. The van der Waals surface area contributed by atoms with E-state index in [9.17, 15) is 0 Å². The van der Waals surface area contributed by atoms with E-state index in [0.29, 0.717) is 0 Å². The van der Waals surface area contributed by atoms with Crippen LogP contribution in [0.3, 0.4) is 0 Å². The molecule has 1 heterocycles. The second-order valence-corrected chi connectivity index (χ2v) is 7.13. The Labute approximate surface area is 113 Å². The van der Waals surface area contributed by atoms with Crippen LogP contribution in [-0.2, 0) is 0 Å². The lowest BCUT2D eigenvalue weighted by Crippen LogP contribution is -2.56. The van der Waals surface area contributed by atoms with Gasteiger partial charge in [0, 0.05) is 12.6 Å². The van der Waals surface area contributed by atoms with Gasteiger partial charge in [-0.3, -0.25) is 0 Å². The number of nitrogens with zero attached hydrogens (tertiary/aromatic N) is 1. The fourth-order valence-electron chi connectivity index (χ4n) is 4.82. The Bertz CT molecular complexity index is 264. The van der Waals surface area contributed by atoms with E-state index in [2.05, 4.69) is 17.3 Å². The molecule has 3 fully saturated rings. The quantitative estimate of drug-likeness (QED) is 0.828. The average molecular weight is 250 g/mol. The molecule has 18 heavy (non-hydrogen) atoms. The van der Waals surface area contributed by atoms with Crippen LogP contribution in [0.5, 0.6) is 0 Å². The third-order valence-electron chi connectivity index (χ3n) is 5.95. The van der Waals surface area contributed by atoms with Gasteiger partial charge in [-0.15, -0.1) is 0 Å². The van der Waals surface area contributed by atoms with Crippen molar-refractivity contribution in [2.45, 2.75) is 63.8 Å². The smallest absolute Gasteiger partial charge is 0.0149 e. The van der Waals surface area contributed by atoms with Crippen LogP contribution >= 0.6 is 0 Å². The molecule has 1 N–H and O–H groups in total. The fraction of sp³-hybridized carbons (Fsp3) is 1.00. The molecule has 104 valence electrons. The van der Waals surface area contributed by atoms with Crippen molar-refractivity contribution in [1.29, 1.82) is 0 Å². The highest BCUT2D eigenvalue weighted by Crippen LogP contribution is 2.53. The summed E-state index contributed by atoms with van der Waals surface area (Å²) in [5.74, 6) is 0.907. The first kappa shape index (κ1) is 12.9. The minimum atomic E-state index is 0.745. The van der Waals surface area contributed by atoms with Gasteiger partial charge in [-0.25, -0.2) is 0 Å². The first-order valence-electron chi connectivity index (χ1n) is 8.21. The largest absolute Gasteiger partial charge is 0.316 e. The molecule has 0 aromatic carbocycles. The molecule has 3 aliphatic rings. The highest BCUT2D eigenvalue weighted by Gasteiger charge is 2.48. The SMILES string of the molecule is CN(CC1CCCNC1)C1CCC12CCCCC2.